The van der Waals surface area contributed by atoms with Crippen LogP contribution in [-0.2, 0) is 0 Å². The summed E-state index contributed by atoms with van der Waals surface area (Å²) in [5, 5.41) is 11.9. The van der Waals surface area contributed by atoms with E-state index in [1.54, 1.807) is 35.2 Å². The molecule has 1 heterocycles. The molecule has 116 valence electrons. The molecule has 5 nitrogen and oxygen atoms in total. The van der Waals surface area contributed by atoms with Crippen LogP contribution in [0.5, 0.6) is 0 Å². The van der Waals surface area contributed by atoms with Gasteiger partial charge in [0.1, 0.15) is 0 Å². The number of amides is 1. The van der Waals surface area contributed by atoms with E-state index in [4.69, 9.17) is 23.2 Å². The van der Waals surface area contributed by atoms with Crippen molar-refractivity contribution in [1.82, 2.24) is 15.1 Å². The van der Waals surface area contributed by atoms with E-state index < -0.39 is 0 Å². The van der Waals surface area contributed by atoms with Gasteiger partial charge in [0.05, 0.1) is 15.7 Å². The number of hydrogen-bond donors (Lipinski definition) is 1. The second kappa shape index (κ2) is 7.42. The summed E-state index contributed by atoms with van der Waals surface area (Å²) in [6.45, 7) is 5.11. The Morgan fingerprint density at radius 2 is 1.86 bits per heavy atom. The smallest absolute Gasteiger partial charge is 0.274 e. The number of nitrogens with one attached hydrogen (secondary N) is 1. The molecule has 0 fully saturated rings. The molecule has 0 spiro atoms. The molecule has 0 saturated heterocycles. The maximum Gasteiger partial charge on any atom is 0.274 e. The molecule has 0 bridgehead atoms. The summed E-state index contributed by atoms with van der Waals surface area (Å²) in [5.41, 5.74) is 0.942. The third kappa shape index (κ3) is 3.67. The summed E-state index contributed by atoms with van der Waals surface area (Å²) in [6.07, 6.45) is 0. The predicted octanol–water partition coefficient (Wildman–Crippen LogP) is 4.01. The van der Waals surface area contributed by atoms with E-state index in [2.05, 4.69) is 15.5 Å². The first-order valence-corrected chi connectivity index (χ1v) is 7.66. The lowest BCUT2D eigenvalue weighted by Crippen LogP contribution is -2.31. The van der Waals surface area contributed by atoms with Crippen LogP contribution in [-0.4, -0.2) is 34.1 Å². The molecule has 2 rings (SSSR count). The van der Waals surface area contributed by atoms with Gasteiger partial charge in [-0.15, -0.1) is 10.2 Å². The van der Waals surface area contributed by atoms with Gasteiger partial charge in [-0.3, -0.25) is 4.79 Å². The Morgan fingerprint density at radius 1 is 1.14 bits per heavy atom. The van der Waals surface area contributed by atoms with Gasteiger partial charge in [-0.05, 0) is 38.1 Å². The third-order valence-electron chi connectivity index (χ3n) is 3.15. The van der Waals surface area contributed by atoms with Crippen molar-refractivity contribution in [2.75, 3.05) is 18.4 Å². The Balaban J connectivity index is 2.15. The van der Waals surface area contributed by atoms with Crippen LogP contribution in [0.4, 0.5) is 11.5 Å². The van der Waals surface area contributed by atoms with Crippen molar-refractivity contribution in [3.63, 3.8) is 0 Å². The Bertz CT molecular complexity index is 657. The molecule has 1 aromatic carbocycles. The Kier molecular flexibility index (Phi) is 5.57. The minimum absolute atomic E-state index is 0.134. The number of carbonyl (C=O) groups is 1. The van der Waals surface area contributed by atoms with E-state index in [9.17, 15) is 4.79 Å². The molecule has 0 aliphatic heterocycles. The fourth-order valence-corrected chi connectivity index (χ4v) is 2.27. The van der Waals surface area contributed by atoms with Gasteiger partial charge in [-0.1, -0.05) is 29.3 Å². The molecule has 1 N–H and O–H groups in total. The van der Waals surface area contributed by atoms with Gasteiger partial charge in [-0.2, -0.15) is 0 Å². The van der Waals surface area contributed by atoms with Crippen LogP contribution in [0.15, 0.2) is 30.3 Å². The highest BCUT2D eigenvalue weighted by atomic mass is 35.5. The zero-order chi connectivity index (χ0) is 16.1. The number of anilines is 2. The van der Waals surface area contributed by atoms with Crippen molar-refractivity contribution in [2.24, 2.45) is 0 Å². The zero-order valence-electron chi connectivity index (χ0n) is 12.3. The molecule has 0 aliphatic carbocycles. The highest BCUT2D eigenvalue weighted by Gasteiger charge is 2.14. The van der Waals surface area contributed by atoms with Crippen LogP contribution < -0.4 is 5.32 Å². The van der Waals surface area contributed by atoms with E-state index in [0.29, 0.717) is 40.3 Å². The minimum atomic E-state index is -0.134. The lowest BCUT2D eigenvalue weighted by Gasteiger charge is -2.17. The molecule has 0 radical (unpaired) electrons. The summed E-state index contributed by atoms with van der Waals surface area (Å²) < 4.78 is 0. The van der Waals surface area contributed by atoms with Gasteiger partial charge in [0, 0.05) is 13.1 Å². The number of hydrogen-bond acceptors (Lipinski definition) is 4. The normalized spacial score (nSPS) is 10.4. The number of nitrogens with zero attached hydrogens (tertiary/aromatic N) is 3. The maximum absolute atomic E-state index is 12.1. The van der Waals surface area contributed by atoms with Crippen molar-refractivity contribution >= 4 is 40.6 Å². The number of aromatic nitrogens is 2. The summed E-state index contributed by atoms with van der Waals surface area (Å²) in [4.78, 5) is 13.8. The first-order valence-electron chi connectivity index (χ1n) is 6.90. The number of rotatable bonds is 5. The minimum Gasteiger partial charge on any atom is -0.338 e. The topological polar surface area (TPSA) is 58.1 Å². The molecule has 0 unspecified atom stereocenters. The van der Waals surface area contributed by atoms with Crippen molar-refractivity contribution in [1.29, 1.82) is 0 Å². The van der Waals surface area contributed by atoms with Gasteiger partial charge in [0.2, 0.25) is 0 Å². The molecular formula is C15H16Cl2N4O. The van der Waals surface area contributed by atoms with Gasteiger partial charge < -0.3 is 10.2 Å². The van der Waals surface area contributed by atoms with Crippen molar-refractivity contribution in [3.8, 4) is 0 Å². The zero-order valence-corrected chi connectivity index (χ0v) is 13.8. The van der Waals surface area contributed by atoms with Gasteiger partial charge in [0.15, 0.2) is 11.5 Å². The highest BCUT2D eigenvalue weighted by molar-refractivity contribution is 6.43. The first-order chi connectivity index (χ1) is 10.6. The number of benzene rings is 1. The van der Waals surface area contributed by atoms with Crippen LogP contribution >= 0.6 is 23.2 Å². The quantitative estimate of drug-likeness (QED) is 0.894. The monoisotopic (exact) mass is 338 g/mol. The molecule has 0 saturated carbocycles. The van der Waals surface area contributed by atoms with Crippen molar-refractivity contribution in [3.05, 3.63) is 46.1 Å². The van der Waals surface area contributed by atoms with E-state index in [-0.39, 0.29) is 5.91 Å². The number of halogens is 2. The molecule has 0 aliphatic rings. The lowest BCUT2D eigenvalue weighted by molar-refractivity contribution is 0.0766. The second-order valence-electron chi connectivity index (χ2n) is 4.51. The molecule has 22 heavy (non-hydrogen) atoms. The first kappa shape index (κ1) is 16.5. The summed E-state index contributed by atoms with van der Waals surface area (Å²) >= 11 is 12.1. The van der Waals surface area contributed by atoms with Crippen LogP contribution in [0.1, 0.15) is 24.3 Å². The maximum atomic E-state index is 12.1. The largest absolute Gasteiger partial charge is 0.338 e. The SMILES string of the molecule is CCN(CC)C(=O)c1ccc(Nc2cccc(Cl)c2Cl)nn1. The fourth-order valence-electron chi connectivity index (χ4n) is 1.92. The fraction of sp³-hybridized carbons (Fsp3) is 0.267. The Hall–Kier alpha value is -1.85. The second-order valence-corrected chi connectivity index (χ2v) is 5.29. The standard InChI is InChI=1S/C15H16Cl2N4O/c1-3-21(4-2)15(22)12-8-9-13(20-19-12)18-11-7-5-6-10(16)14(11)17/h5-9H,3-4H2,1-2H3,(H,18,20). The number of carbonyl (C=O) groups excluding carboxylic acids is 1. The van der Waals surface area contributed by atoms with Crippen LogP contribution in [0.3, 0.4) is 0 Å². The van der Waals surface area contributed by atoms with Crippen molar-refractivity contribution in [2.45, 2.75) is 13.8 Å². The molecule has 0 atom stereocenters. The van der Waals surface area contributed by atoms with Crippen LogP contribution in [0, 0.1) is 0 Å². The predicted molar refractivity (Wildman–Crippen MR) is 89.0 cm³/mol. The molecule has 2 aromatic rings. The average Bonchev–Trinajstić information content (AvgIpc) is 2.53. The Labute approximate surface area is 139 Å². The van der Waals surface area contributed by atoms with Crippen molar-refractivity contribution < 1.29 is 4.79 Å². The lowest BCUT2D eigenvalue weighted by atomic mass is 10.3. The molecule has 7 heteroatoms. The van der Waals surface area contributed by atoms with Gasteiger partial charge >= 0.3 is 0 Å². The summed E-state index contributed by atoms with van der Waals surface area (Å²) in [6, 6.07) is 8.58. The van der Waals surface area contributed by atoms with Crippen LogP contribution in [0.25, 0.3) is 0 Å². The van der Waals surface area contributed by atoms with E-state index >= 15 is 0 Å². The van der Waals surface area contributed by atoms with Gasteiger partial charge in [0.25, 0.3) is 5.91 Å². The highest BCUT2D eigenvalue weighted by Crippen LogP contribution is 2.31. The van der Waals surface area contributed by atoms with E-state index in [1.165, 1.54) is 0 Å². The average molecular weight is 339 g/mol. The molecule has 1 aromatic heterocycles. The van der Waals surface area contributed by atoms with E-state index in [0.717, 1.165) is 0 Å². The third-order valence-corrected chi connectivity index (χ3v) is 3.97. The summed E-state index contributed by atoms with van der Waals surface area (Å²) in [7, 11) is 0. The molecule has 1 amide bonds. The van der Waals surface area contributed by atoms with Crippen LogP contribution in [0.2, 0.25) is 10.0 Å². The molecular weight excluding hydrogens is 323 g/mol. The van der Waals surface area contributed by atoms with E-state index in [1.807, 2.05) is 13.8 Å². The summed E-state index contributed by atoms with van der Waals surface area (Å²) in [5.74, 6) is 0.352. The Morgan fingerprint density at radius 3 is 2.45 bits per heavy atom. The van der Waals surface area contributed by atoms with Gasteiger partial charge in [-0.25, -0.2) is 0 Å².